The van der Waals surface area contributed by atoms with Crippen LogP contribution in [0.5, 0.6) is 0 Å². The van der Waals surface area contributed by atoms with Crippen molar-refractivity contribution in [1.29, 1.82) is 0 Å². The van der Waals surface area contributed by atoms with E-state index >= 15 is 0 Å². The van der Waals surface area contributed by atoms with Crippen LogP contribution < -0.4 is 10.2 Å². The van der Waals surface area contributed by atoms with Crippen molar-refractivity contribution < 1.29 is 19.8 Å². The van der Waals surface area contributed by atoms with E-state index in [4.69, 9.17) is 0 Å². The van der Waals surface area contributed by atoms with Crippen molar-refractivity contribution >= 4 is 60.8 Å². The summed E-state index contributed by atoms with van der Waals surface area (Å²) in [7, 11) is 0. The SMILES string of the molecule is CC(CCCCCCCCCCCCCCCC(=O)[O-])c1ccccc1.CC(CCCCCCCCCCCCCCCC(=O)[O-])c1ccccc1.[Ba+2]. The number of aliphatic carboxylic acids is 2. The number of rotatable bonds is 34. The number of carboxylic acids is 2. The molecule has 0 saturated carbocycles. The number of unbranched alkanes of at least 4 members (excludes halogenated alkanes) is 24. The fourth-order valence-electron chi connectivity index (χ4n) is 7.23. The normalized spacial score (nSPS) is 12.0. The molecule has 2 rings (SSSR count). The van der Waals surface area contributed by atoms with E-state index in [0.717, 1.165) is 25.7 Å². The fraction of sp³-hybridized carbons (Fsp3) is 0.708. The summed E-state index contributed by atoms with van der Waals surface area (Å²) in [5, 5.41) is 20.6. The van der Waals surface area contributed by atoms with Crippen molar-refractivity contribution in [3.8, 4) is 0 Å². The van der Waals surface area contributed by atoms with E-state index in [1.54, 1.807) is 0 Å². The molecule has 296 valence electrons. The Kier molecular flexibility index (Phi) is 38.4. The van der Waals surface area contributed by atoms with E-state index in [1.165, 1.54) is 165 Å². The first kappa shape index (κ1) is 52.0. The van der Waals surface area contributed by atoms with Gasteiger partial charge in [-0.3, -0.25) is 0 Å². The first-order chi connectivity index (χ1) is 25.4. The summed E-state index contributed by atoms with van der Waals surface area (Å²) in [4.78, 5) is 20.6. The van der Waals surface area contributed by atoms with Crippen molar-refractivity contribution in [2.75, 3.05) is 0 Å². The van der Waals surface area contributed by atoms with E-state index in [-0.39, 0.29) is 61.7 Å². The van der Waals surface area contributed by atoms with Crippen LogP contribution in [0.1, 0.15) is 229 Å². The minimum Gasteiger partial charge on any atom is -0.550 e. The third-order valence-corrected chi connectivity index (χ3v) is 10.8. The Morgan fingerprint density at radius 1 is 0.377 bits per heavy atom. The van der Waals surface area contributed by atoms with Crippen molar-refractivity contribution in [1.82, 2.24) is 0 Å². The zero-order valence-corrected chi connectivity index (χ0v) is 38.9. The van der Waals surface area contributed by atoms with E-state index in [2.05, 4.69) is 74.5 Å². The standard InChI is InChI=1S/2C24H40O2.Ba/c2*1-22(23-19-15-13-16-20-23)18-14-11-9-7-5-3-2-4-6-8-10-12-17-21-24(25)26;/h2*13,15-16,19-20,22H,2-12,14,17-18,21H2,1H3,(H,25,26);/q;;+2/p-2. The second-order valence-corrected chi connectivity index (χ2v) is 15.6. The average Bonchev–Trinajstić information content (AvgIpc) is 3.15. The van der Waals surface area contributed by atoms with Gasteiger partial charge in [0.15, 0.2) is 0 Å². The largest absolute Gasteiger partial charge is 2.00 e. The number of carbonyl (C=O) groups excluding carboxylic acids is 2. The van der Waals surface area contributed by atoms with Gasteiger partial charge in [-0.05, 0) is 61.5 Å². The smallest absolute Gasteiger partial charge is 0.550 e. The predicted octanol–water partition coefficient (Wildman–Crippen LogP) is 12.4. The molecule has 5 heteroatoms. The van der Waals surface area contributed by atoms with Crippen LogP contribution in [0.15, 0.2) is 60.7 Å². The molecule has 0 aromatic heterocycles. The zero-order chi connectivity index (χ0) is 37.7. The van der Waals surface area contributed by atoms with Gasteiger partial charge in [-0.2, -0.15) is 0 Å². The van der Waals surface area contributed by atoms with Gasteiger partial charge in [-0.1, -0.05) is 229 Å². The summed E-state index contributed by atoms with van der Waals surface area (Å²) < 4.78 is 0. The third-order valence-electron chi connectivity index (χ3n) is 10.8. The number of hydrogen-bond donors (Lipinski definition) is 0. The van der Waals surface area contributed by atoms with Gasteiger partial charge in [0.25, 0.3) is 0 Å². The third kappa shape index (κ3) is 35.1. The van der Waals surface area contributed by atoms with Crippen molar-refractivity contribution in [2.24, 2.45) is 0 Å². The zero-order valence-electron chi connectivity index (χ0n) is 34.5. The Morgan fingerprint density at radius 2 is 0.585 bits per heavy atom. The van der Waals surface area contributed by atoms with Crippen LogP contribution in [0.4, 0.5) is 0 Å². The Hall–Kier alpha value is -1.05. The van der Waals surface area contributed by atoms with Crippen LogP contribution in [0.25, 0.3) is 0 Å². The molecular weight excluding hydrogens is 778 g/mol. The van der Waals surface area contributed by atoms with Gasteiger partial charge in [0, 0.05) is 11.9 Å². The molecule has 0 radical (unpaired) electrons. The van der Waals surface area contributed by atoms with Gasteiger partial charge in [0.05, 0.1) is 0 Å². The molecule has 0 amide bonds. The van der Waals surface area contributed by atoms with Gasteiger partial charge in [-0.15, -0.1) is 0 Å². The maximum absolute atomic E-state index is 10.3. The van der Waals surface area contributed by atoms with Crippen molar-refractivity contribution in [3.63, 3.8) is 0 Å². The fourth-order valence-corrected chi connectivity index (χ4v) is 7.23. The minimum absolute atomic E-state index is 0. The molecule has 0 aliphatic heterocycles. The van der Waals surface area contributed by atoms with Crippen LogP contribution in [0, 0.1) is 0 Å². The van der Waals surface area contributed by atoms with Crippen molar-refractivity contribution in [3.05, 3.63) is 71.8 Å². The Bertz CT molecular complexity index is 974. The number of carboxylic acid groups (broad SMARTS) is 2. The first-order valence-electron chi connectivity index (χ1n) is 21.9. The molecule has 2 atom stereocenters. The summed E-state index contributed by atoms with van der Waals surface area (Å²) >= 11 is 0. The van der Waals surface area contributed by atoms with Gasteiger partial charge in [-0.25, -0.2) is 0 Å². The average molecular weight is 856 g/mol. The van der Waals surface area contributed by atoms with Gasteiger partial charge in [0.2, 0.25) is 0 Å². The van der Waals surface area contributed by atoms with E-state index in [1.807, 2.05) is 0 Å². The molecule has 0 aliphatic rings. The summed E-state index contributed by atoms with van der Waals surface area (Å²) in [5.74, 6) is -0.430. The number of hydrogen-bond acceptors (Lipinski definition) is 4. The summed E-state index contributed by atoms with van der Waals surface area (Å²) in [5.41, 5.74) is 2.96. The Morgan fingerprint density at radius 3 is 0.811 bits per heavy atom. The molecule has 0 aliphatic carbocycles. The molecular formula is C48H78BaO4. The molecule has 2 aromatic rings. The van der Waals surface area contributed by atoms with Crippen LogP contribution in [-0.4, -0.2) is 60.8 Å². The van der Waals surface area contributed by atoms with Gasteiger partial charge in [0.1, 0.15) is 0 Å². The Labute approximate surface area is 367 Å². The predicted molar refractivity (Wildman–Crippen MR) is 224 cm³/mol. The maximum atomic E-state index is 10.3. The van der Waals surface area contributed by atoms with Crippen LogP contribution in [0.2, 0.25) is 0 Å². The second kappa shape index (κ2) is 39.2. The molecule has 0 N–H and O–H groups in total. The summed E-state index contributed by atoms with van der Waals surface area (Å²) in [6, 6.07) is 21.7. The molecule has 0 heterocycles. The van der Waals surface area contributed by atoms with E-state index in [9.17, 15) is 19.8 Å². The van der Waals surface area contributed by atoms with Crippen molar-refractivity contribution in [2.45, 2.75) is 218 Å². The van der Waals surface area contributed by atoms with E-state index < -0.39 is 11.9 Å². The molecule has 4 nitrogen and oxygen atoms in total. The van der Waals surface area contributed by atoms with Crippen LogP contribution in [-0.2, 0) is 9.59 Å². The number of benzene rings is 2. The molecule has 2 aromatic carbocycles. The molecule has 2 unspecified atom stereocenters. The topological polar surface area (TPSA) is 80.3 Å². The summed E-state index contributed by atoms with van der Waals surface area (Å²) in [6.45, 7) is 4.69. The first-order valence-corrected chi connectivity index (χ1v) is 21.9. The summed E-state index contributed by atoms with van der Waals surface area (Å²) in [6.07, 6.45) is 36.2. The quantitative estimate of drug-likeness (QED) is 0.0519. The second-order valence-electron chi connectivity index (χ2n) is 15.6. The maximum Gasteiger partial charge on any atom is 2.00 e. The van der Waals surface area contributed by atoms with Crippen LogP contribution in [0.3, 0.4) is 0 Å². The number of carbonyl (C=O) groups is 2. The van der Waals surface area contributed by atoms with Gasteiger partial charge < -0.3 is 19.8 Å². The molecule has 0 spiro atoms. The Balaban J connectivity index is 0.00000100. The molecule has 0 fully saturated rings. The molecule has 0 bridgehead atoms. The molecule has 0 saturated heterocycles. The van der Waals surface area contributed by atoms with Gasteiger partial charge >= 0.3 is 48.9 Å². The minimum atomic E-state index is -0.907. The van der Waals surface area contributed by atoms with Crippen LogP contribution >= 0.6 is 0 Å². The monoisotopic (exact) mass is 856 g/mol. The van der Waals surface area contributed by atoms with E-state index in [0.29, 0.717) is 11.8 Å². The molecule has 53 heavy (non-hydrogen) atoms.